The minimum Gasteiger partial charge on any atom is -0.450 e. The summed E-state index contributed by atoms with van der Waals surface area (Å²) in [5.74, 6) is -2.64. The average Bonchev–Trinajstić information content (AvgIpc) is 3.18. The van der Waals surface area contributed by atoms with E-state index in [1.54, 1.807) is 0 Å². The van der Waals surface area contributed by atoms with Crippen molar-refractivity contribution in [3.63, 3.8) is 0 Å². The van der Waals surface area contributed by atoms with E-state index in [0.717, 1.165) is 0 Å². The molecule has 0 aromatic heterocycles. The van der Waals surface area contributed by atoms with Crippen molar-refractivity contribution >= 4 is 35.7 Å². The van der Waals surface area contributed by atoms with E-state index in [4.69, 9.17) is 32.3 Å². The number of benzene rings is 1. The molecule has 2 saturated carbocycles. The van der Waals surface area contributed by atoms with Crippen LogP contribution in [0.25, 0.3) is 0 Å². The molecule has 142 valence electrons. The van der Waals surface area contributed by atoms with E-state index in [-0.39, 0.29) is 10.8 Å². The number of aliphatic hydroxyl groups is 1. The number of thioether (sulfide) groups is 1. The molecule has 0 heterocycles. The van der Waals surface area contributed by atoms with Crippen LogP contribution in [0.1, 0.15) is 0 Å². The Morgan fingerprint density at radius 1 is 1.35 bits per heavy atom. The molecule has 2 aliphatic rings. The summed E-state index contributed by atoms with van der Waals surface area (Å²) in [6, 6.07) is 4.07. The number of hydrogen-bond donors (Lipinski definition) is 4. The van der Waals surface area contributed by atoms with E-state index >= 15 is 0 Å². The average molecular weight is 408 g/mol. The van der Waals surface area contributed by atoms with Crippen LogP contribution in [0.5, 0.6) is 0 Å². The number of ether oxygens (including phenoxy) is 2. The van der Waals surface area contributed by atoms with Gasteiger partial charge in [0.25, 0.3) is 0 Å². The molecule has 6 atom stereocenters. The highest BCUT2D eigenvalue weighted by Crippen LogP contribution is 2.61. The number of aliphatic hydroxyl groups excluding tert-OH is 1. The van der Waals surface area contributed by atoms with Crippen LogP contribution in [0.15, 0.2) is 23.1 Å². The molecule has 2 fully saturated rings. The summed E-state index contributed by atoms with van der Waals surface area (Å²) < 4.78 is 22.7. The number of carboxylic acid groups (broad SMARTS) is 2. The maximum absolute atomic E-state index is 13.2. The molecular weight excluding hydrogens is 393 g/mol. The second-order valence-electron chi connectivity index (χ2n) is 6.16. The Morgan fingerprint density at radius 2 is 2.04 bits per heavy atom. The van der Waals surface area contributed by atoms with Gasteiger partial charge < -0.3 is 24.8 Å². The lowest BCUT2D eigenvalue weighted by molar-refractivity contribution is -0.0847. The van der Waals surface area contributed by atoms with Gasteiger partial charge in [-0.2, -0.15) is 0 Å². The molecule has 8 nitrogen and oxygen atoms in total. The molecule has 0 unspecified atom stereocenters. The predicted octanol–water partition coefficient (Wildman–Crippen LogP) is 2.22. The minimum absolute atomic E-state index is 0.0689. The van der Waals surface area contributed by atoms with Gasteiger partial charge in [0.05, 0.1) is 17.0 Å². The first-order chi connectivity index (χ1) is 12.1. The van der Waals surface area contributed by atoms with E-state index in [2.05, 4.69) is 4.74 Å². The Bertz CT molecular complexity index is 753. The third-order valence-corrected chi connectivity index (χ3v) is 6.14. The maximum Gasteiger partial charge on any atom is 0.507 e. The summed E-state index contributed by atoms with van der Waals surface area (Å²) in [6.45, 7) is 0. The molecule has 5 N–H and O–H groups in total. The van der Waals surface area contributed by atoms with E-state index in [0.29, 0.717) is 4.90 Å². The van der Waals surface area contributed by atoms with Crippen LogP contribution in [0.2, 0.25) is 5.02 Å². The zero-order valence-electron chi connectivity index (χ0n) is 13.0. The molecule has 11 heteroatoms. The summed E-state index contributed by atoms with van der Waals surface area (Å²) in [5, 5.41) is 28.1. The summed E-state index contributed by atoms with van der Waals surface area (Å²) in [6.07, 6.45) is -5.22. The van der Waals surface area contributed by atoms with Gasteiger partial charge >= 0.3 is 12.3 Å². The van der Waals surface area contributed by atoms with Crippen LogP contribution in [0.3, 0.4) is 0 Å². The standard InChI is InChI=1S/C15H15ClFNO7S/c16-7-3-5(1-2-8(7)17)26-4-6-11(19)9-10(12(9)24-13(20)21)15(6,18)25-14(22)23/h1-3,6,9-12,19H,4,18H2,(H,20,21)(H,22,23)/t6-,9+,10-,11+,12+,15-/m0/s1. The molecule has 0 saturated heterocycles. The molecule has 0 radical (unpaired) electrons. The van der Waals surface area contributed by atoms with Gasteiger partial charge in [0.1, 0.15) is 11.9 Å². The summed E-state index contributed by atoms with van der Waals surface area (Å²) in [5.41, 5.74) is 4.33. The number of fused-ring (bicyclic) bond motifs is 1. The van der Waals surface area contributed by atoms with Crippen LogP contribution in [0.4, 0.5) is 14.0 Å². The second-order valence-corrected chi connectivity index (χ2v) is 7.66. The lowest BCUT2D eigenvalue weighted by Gasteiger charge is -2.34. The van der Waals surface area contributed by atoms with Crippen molar-refractivity contribution in [1.29, 1.82) is 0 Å². The molecule has 2 aliphatic carbocycles. The number of nitrogens with two attached hydrogens (primary N) is 1. The molecule has 0 amide bonds. The lowest BCUT2D eigenvalue weighted by Crippen LogP contribution is -2.55. The third kappa shape index (κ3) is 3.29. The van der Waals surface area contributed by atoms with E-state index in [1.165, 1.54) is 30.0 Å². The predicted molar refractivity (Wildman–Crippen MR) is 87.5 cm³/mol. The highest BCUT2D eigenvalue weighted by atomic mass is 35.5. The van der Waals surface area contributed by atoms with Crippen LogP contribution in [-0.4, -0.2) is 51.3 Å². The molecule has 1 aromatic rings. The Kier molecular flexibility index (Phi) is 4.95. The first kappa shape index (κ1) is 19.0. The van der Waals surface area contributed by atoms with Crippen molar-refractivity contribution in [2.24, 2.45) is 23.5 Å². The van der Waals surface area contributed by atoms with Crippen LogP contribution >= 0.6 is 23.4 Å². The molecule has 0 bridgehead atoms. The molecule has 0 spiro atoms. The van der Waals surface area contributed by atoms with Crippen molar-refractivity contribution in [1.82, 2.24) is 0 Å². The van der Waals surface area contributed by atoms with Gasteiger partial charge in [0.15, 0.2) is 5.72 Å². The fourth-order valence-electron chi connectivity index (χ4n) is 3.60. The number of rotatable bonds is 5. The summed E-state index contributed by atoms with van der Waals surface area (Å²) in [4.78, 5) is 22.4. The molecular formula is C15H15ClFNO7S. The monoisotopic (exact) mass is 407 g/mol. The normalized spacial score (nSPS) is 34.8. The molecule has 26 heavy (non-hydrogen) atoms. The van der Waals surface area contributed by atoms with Gasteiger partial charge in [0, 0.05) is 22.5 Å². The summed E-state index contributed by atoms with van der Waals surface area (Å²) in [7, 11) is 0. The van der Waals surface area contributed by atoms with Crippen molar-refractivity contribution in [3.05, 3.63) is 29.0 Å². The largest absolute Gasteiger partial charge is 0.507 e. The minimum atomic E-state index is -1.80. The van der Waals surface area contributed by atoms with Crippen molar-refractivity contribution in [3.8, 4) is 0 Å². The van der Waals surface area contributed by atoms with Gasteiger partial charge in [-0.3, -0.25) is 5.73 Å². The van der Waals surface area contributed by atoms with Gasteiger partial charge in [-0.15, -0.1) is 11.8 Å². The Balaban J connectivity index is 1.76. The number of hydrogen-bond acceptors (Lipinski definition) is 7. The first-order valence-electron chi connectivity index (χ1n) is 7.51. The SMILES string of the molecule is N[C@@]1(OC(=O)O)[C@@H]2[C@H](OC(=O)O)[C@H]2[C@H](O)[C@@H]1CSc1ccc(F)c(Cl)c1. The first-order valence-corrected chi connectivity index (χ1v) is 8.88. The van der Waals surface area contributed by atoms with Crippen LogP contribution < -0.4 is 5.73 Å². The van der Waals surface area contributed by atoms with Gasteiger partial charge in [-0.05, 0) is 18.2 Å². The fourth-order valence-corrected chi connectivity index (χ4v) is 5.04. The highest BCUT2D eigenvalue weighted by Gasteiger charge is 2.77. The van der Waals surface area contributed by atoms with Gasteiger partial charge in [0.2, 0.25) is 0 Å². The zero-order chi connectivity index (χ0) is 19.2. The topological polar surface area (TPSA) is 139 Å². The van der Waals surface area contributed by atoms with Crippen molar-refractivity contribution in [2.45, 2.75) is 22.8 Å². The Morgan fingerprint density at radius 3 is 2.62 bits per heavy atom. The Hall–Kier alpha value is -1.75. The maximum atomic E-state index is 13.2. The van der Waals surface area contributed by atoms with Crippen LogP contribution in [0, 0.1) is 23.6 Å². The fraction of sp³-hybridized carbons (Fsp3) is 0.467. The van der Waals surface area contributed by atoms with Crippen molar-refractivity contribution < 1.29 is 38.8 Å². The van der Waals surface area contributed by atoms with Crippen molar-refractivity contribution in [2.75, 3.05) is 5.75 Å². The Labute approximate surface area is 156 Å². The third-order valence-electron chi connectivity index (χ3n) is 4.74. The lowest BCUT2D eigenvalue weighted by atomic mass is 9.94. The second kappa shape index (κ2) is 6.76. The van der Waals surface area contributed by atoms with E-state index in [9.17, 15) is 19.1 Å². The van der Waals surface area contributed by atoms with E-state index < -0.39 is 53.8 Å². The molecule has 0 aliphatic heterocycles. The smallest absolute Gasteiger partial charge is 0.450 e. The molecule has 3 rings (SSSR count). The quantitative estimate of drug-likeness (QED) is 0.328. The summed E-state index contributed by atoms with van der Waals surface area (Å²) >= 11 is 6.91. The number of carbonyl (C=O) groups is 2. The van der Waals surface area contributed by atoms with Crippen LogP contribution in [-0.2, 0) is 9.47 Å². The zero-order valence-corrected chi connectivity index (χ0v) is 14.6. The highest BCUT2D eigenvalue weighted by molar-refractivity contribution is 7.99. The molecule has 1 aromatic carbocycles. The number of halogens is 2. The van der Waals surface area contributed by atoms with Gasteiger partial charge in [-0.25, -0.2) is 14.0 Å². The van der Waals surface area contributed by atoms with Gasteiger partial charge in [-0.1, -0.05) is 11.6 Å². The van der Waals surface area contributed by atoms with E-state index in [1.807, 2.05) is 0 Å².